The molecule has 1 aromatic rings. The van der Waals surface area contributed by atoms with Gasteiger partial charge in [0.2, 0.25) is 0 Å². The van der Waals surface area contributed by atoms with Crippen molar-refractivity contribution in [2.24, 2.45) is 11.3 Å². The topological polar surface area (TPSA) is 75.8 Å². The standard InChI is InChI=1S/C16H26N2O4/c1-16(2,3)11-5-6-18(14(7-11)15(19)20)9-13-8-12(10-21-4)17-22-13/h8,11,14H,5-7,9-10H2,1-4H3,(H,19,20)/t11-,14+/m0/s1. The molecule has 1 aliphatic heterocycles. The number of hydrogen-bond acceptors (Lipinski definition) is 5. The number of ether oxygens (including phenoxy) is 1. The quantitative estimate of drug-likeness (QED) is 0.900. The van der Waals surface area contributed by atoms with E-state index in [1.165, 1.54) is 0 Å². The molecule has 124 valence electrons. The van der Waals surface area contributed by atoms with E-state index in [1.54, 1.807) is 7.11 Å². The van der Waals surface area contributed by atoms with Crippen LogP contribution < -0.4 is 0 Å². The molecule has 1 N–H and O–H groups in total. The van der Waals surface area contributed by atoms with Gasteiger partial charge in [0.15, 0.2) is 5.76 Å². The maximum atomic E-state index is 11.6. The molecule has 22 heavy (non-hydrogen) atoms. The first kappa shape index (κ1) is 17.0. The Morgan fingerprint density at radius 2 is 2.27 bits per heavy atom. The van der Waals surface area contributed by atoms with Crippen molar-refractivity contribution in [3.63, 3.8) is 0 Å². The molecule has 0 aromatic carbocycles. The van der Waals surface area contributed by atoms with Crippen molar-refractivity contribution in [1.82, 2.24) is 10.1 Å². The van der Waals surface area contributed by atoms with Gasteiger partial charge in [-0.3, -0.25) is 9.69 Å². The zero-order valence-electron chi connectivity index (χ0n) is 13.8. The molecule has 1 saturated heterocycles. The summed E-state index contributed by atoms with van der Waals surface area (Å²) in [5, 5.41) is 13.5. The van der Waals surface area contributed by atoms with Gasteiger partial charge in [-0.1, -0.05) is 25.9 Å². The summed E-state index contributed by atoms with van der Waals surface area (Å²) >= 11 is 0. The Labute approximate surface area is 131 Å². The van der Waals surface area contributed by atoms with Crippen molar-refractivity contribution in [2.45, 2.75) is 52.8 Å². The van der Waals surface area contributed by atoms with Crippen LogP contribution in [0.15, 0.2) is 10.6 Å². The van der Waals surface area contributed by atoms with Gasteiger partial charge >= 0.3 is 5.97 Å². The molecule has 1 aliphatic rings. The van der Waals surface area contributed by atoms with Gasteiger partial charge in [-0.2, -0.15) is 0 Å². The smallest absolute Gasteiger partial charge is 0.320 e. The molecule has 0 aliphatic carbocycles. The number of carboxylic acids is 1. The Hall–Kier alpha value is -1.40. The second kappa shape index (κ2) is 6.79. The summed E-state index contributed by atoms with van der Waals surface area (Å²) in [6.07, 6.45) is 1.68. The molecular formula is C16H26N2O4. The molecule has 2 atom stereocenters. The highest BCUT2D eigenvalue weighted by Gasteiger charge is 2.38. The molecule has 6 nitrogen and oxygen atoms in total. The lowest BCUT2D eigenvalue weighted by Crippen LogP contribution is -2.48. The fraction of sp³-hybridized carbons (Fsp3) is 0.750. The van der Waals surface area contributed by atoms with Crippen LogP contribution in [0.5, 0.6) is 0 Å². The Morgan fingerprint density at radius 3 is 2.86 bits per heavy atom. The molecule has 6 heteroatoms. The molecule has 2 rings (SSSR count). The largest absolute Gasteiger partial charge is 0.480 e. The van der Waals surface area contributed by atoms with Crippen molar-refractivity contribution in [3.05, 3.63) is 17.5 Å². The van der Waals surface area contributed by atoms with Gasteiger partial charge in [0.05, 0.1) is 13.2 Å². The summed E-state index contributed by atoms with van der Waals surface area (Å²) in [6, 6.07) is 1.37. The van der Waals surface area contributed by atoms with Gasteiger partial charge in [0.1, 0.15) is 11.7 Å². The maximum Gasteiger partial charge on any atom is 0.320 e. The van der Waals surface area contributed by atoms with Gasteiger partial charge in [0.25, 0.3) is 0 Å². The second-order valence-electron chi connectivity index (χ2n) is 7.13. The summed E-state index contributed by atoms with van der Waals surface area (Å²) in [6.45, 7) is 8.18. The molecule has 0 saturated carbocycles. The minimum atomic E-state index is -0.759. The summed E-state index contributed by atoms with van der Waals surface area (Å²) in [7, 11) is 1.60. The number of carbonyl (C=O) groups is 1. The zero-order chi connectivity index (χ0) is 16.3. The number of hydrogen-bond donors (Lipinski definition) is 1. The van der Waals surface area contributed by atoms with E-state index in [2.05, 4.69) is 25.9 Å². The number of rotatable bonds is 5. The minimum Gasteiger partial charge on any atom is -0.480 e. The van der Waals surface area contributed by atoms with Crippen molar-refractivity contribution in [1.29, 1.82) is 0 Å². The molecule has 0 spiro atoms. The summed E-state index contributed by atoms with van der Waals surface area (Å²) in [5.74, 6) is 0.349. The SMILES string of the molecule is COCc1cc(CN2CC[C@H](C(C)(C)C)C[C@@H]2C(=O)O)on1. The van der Waals surface area contributed by atoms with Gasteiger partial charge in [-0.25, -0.2) is 0 Å². The number of aliphatic carboxylic acids is 1. The van der Waals surface area contributed by atoms with Crippen LogP contribution in [0.1, 0.15) is 45.1 Å². The fourth-order valence-electron chi connectivity index (χ4n) is 3.09. The highest BCUT2D eigenvalue weighted by Crippen LogP contribution is 2.37. The normalized spacial score (nSPS) is 23.6. The lowest BCUT2D eigenvalue weighted by molar-refractivity contribution is -0.146. The summed E-state index contributed by atoms with van der Waals surface area (Å²) in [5.41, 5.74) is 0.867. The van der Waals surface area contributed by atoms with Crippen molar-refractivity contribution in [2.75, 3.05) is 13.7 Å². The molecule has 0 amide bonds. The van der Waals surface area contributed by atoms with Crippen LogP contribution in [0, 0.1) is 11.3 Å². The van der Waals surface area contributed by atoms with E-state index < -0.39 is 12.0 Å². The first-order chi connectivity index (χ1) is 10.3. The predicted molar refractivity (Wildman–Crippen MR) is 81.2 cm³/mol. The van der Waals surface area contributed by atoms with Crippen LogP contribution in [0.3, 0.4) is 0 Å². The minimum absolute atomic E-state index is 0.137. The Morgan fingerprint density at radius 1 is 1.55 bits per heavy atom. The van der Waals surface area contributed by atoms with Crippen LogP contribution in [-0.4, -0.2) is 40.8 Å². The number of likely N-dealkylation sites (tertiary alicyclic amines) is 1. The van der Waals surface area contributed by atoms with E-state index in [4.69, 9.17) is 9.26 Å². The molecule has 0 radical (unpaired) electrons. The molecular weight excluding hydrogens is 284 g/mol. The van der Waals surface area contributed by atoms with Crippen molar-refractivity contribution < 1.29 is 19.2 Å². The zero-order valence-corrected chi connectivity index (χ0v) is 13.8. The average molecular weight is 310 g/mol. The van der Waals surface area contributed by atoms with E-state index in [0.717, 1.165) is 18.7 Å². The third-order valence-electron chi connectivity index (χ3n) is 4.48. The van der Waals surface area contributed by atoms with Gasteiger partial charge in [-0.05, 0) is 30.7 Å². The summed E-state index contributed by atoms with van der Waals surface area (Å²) in [4.78, 5) is 13.6. The molecule has 1 aromatic heterocycles. The van der Waals surface area contributed by atoms with Crippen LogP contribution in [0.4, 0.5) is 0 Å². The Kier molecular flexibility index (Phi) is 5.24. The fourth-order valence-corrected chi connectivity index (χ4v) is 3.09. The van der Waals surface area contributed by atoms with Gasteiger partial charge in [-0.15, -0.1) is 0 Å². The van der Waals surface area contributed by atoms with E-state index in [9.17, 15) is 9.90 Å². The van der Waals surface area contributed by atoms with Gasteiger partial charge in [0, 0.05) is 13.2 Å². The lowest BCUT2D eigenvalue weighted by atomic mass is 9.73. The van der Waals surface area contributed by atoms with Crippen molar-refractivity contribution in [3.8, 4) is 0 Å². The third-order valence-corrected chi connectivity index (χ3v) is 4.48. The Bertz CT molecular complexity index is 506. The van der Waals surface area contributed by atoms with E-state index in [1.807, 2.05) is 11.0 Å². The van der Waals surface area contributed by atoms with E-state index in [-0.39, 0.29) is 5.41 Å². The highest BCUT2D eigenvalue weighted by molar-refractivity contribution is 5.73. The van der Waals surface area contributed by atoms with Crippen LogP contribution in [0.2, 0.25) is 0 Å². The van der Waals surface area contributed by atoms with Crippen LogP contribution in [-0.2, 0) is 22.7 Å². The number of aromatic nitrogens is 1. The average Bonchev–Trinajstić information content (AvgIpc) is 2.85. The maximum absolute atomic E-state index is 11.6. The van der Waals surface area contributed by atoms with E-state index >= 15 is 0 Å². The monoisotopic (exact) mass is 310 g/mol. The molecule has 0 bridgehead atoms. The molecule has 2 heterocycles. The summed E-state index contributed by atoms with van der Waals surface area (Å²) < 4.78 is 10.3. The molecule has 1 fully saturated rings. The first-order valence-electron chi connectivity index (χ1n) is 7.71. The molecule has 0 unspecified atom stereocenters. The second-order valence-corrected chi connectivity index (χ2v) is 7.13. The number of nitrogens with zero attached hydrogens (tertiary/aromatic N) is 2. The number of piperidine rings is 1. The van der Waals surface area contributed by atoms with E-state index in [0.29, 0.717) is 31.3 Å². The van der Waals surface area contributed by atoms with Gasteiger partial charge < -0.3 is 14.4 Å². The predicted octanol–water partition coefficient (Wildman–Crippen LogP) is 2.53. The third kappa shape index (κ3) is 4.08. The van der Waals surface area contributed by atoms with Crippen LogP contribution in [0.25, 0.3) is 0 Å². The lowest BCUT2D eigenvalue weighted by Gasteiger charge is -2.42. The van der Waals surface area contributed by atoms with Crippen molar-refractivity contribution >= 4 is 5.97 Å². The Balaban J connectivity index is 2.04. The number of carboxylic acid groups (broad SMARTS) is 1. The first-order valence-corrected chi connectivity index (χ1v) is 7.71. The van der Waals surface area contributed by atoms with Crippen LogP contribution >= 0.6 is 0 Å². The number of methoxy groups -OCH3 is 1. The highest BCUT2D eigenvalue weighted by atomic mass is 16.5.